The minimum absolute atomic E-state index is 0.280. The van der Waals surface area contributed by atoms with Crippen molar-refractivity contribution in [3.63, 3.8) is 0 Å². The van der Waals surface area contributed by atoms with E-state index in [1.807, 2.05) is 4.90 Å². The average molecular weight is 304 g/mol. The van der Waals surface area contributed by atoms with Gasteiger partial charge in [0.15, 0.2) is 0 Å². The zero-order valence-corrected chi connectivity index (χ0v) is 13.5. The van der Waals surface area contributed by atoms with E-state index >= 15 is 0 Å². The van der Waals surface area contributed by atoms with Gasteiger partial charge in [0.1, 0.15) is 0 Å². The lowest BCUT2D eigenvalue weighted by molar-refractivity contribution is -0.143. The zero-order chi connectivity index (χ0) is 15.1. The normalized spacial score (nSPS) is 38.1. The van der Waals surface area contributed by atoms with Gasteiger partial charge in [0.25, 0.3) is 0 Å². The lowest BCUT2D eigenvalue weighted by Gasteiger charge is -2.40. The second kappa shape index (κ2) is 5.86. The van der Waals surface area contributed by atoms with E-state index in [2.05, 4.69) is 4.90 Å². The Morgan fingerprint density at radius 2 is 1.95 bits per heavy atom. The molecular formula is C18H28N2O2. The van der Waals surface area contributed by atoms with Gasteiger partial charge >= 0.3 is 0 Å². The maximum atomic E-state index is 13.1. The van der Waals surface area contributed by atoms with E-state index in [9.17, 15) is 9.59 Å². The van der Waals surface area contributed by atoms with Crippen LogP contribution in [0.5, 0.6) is 0 Å². The Labute approximate surface area is 133 Å². The van der Waals surface area contributed by atoms with Gasteiger partial charge in [0, 0.05) is 38.0 Å². The molecule has 2 amide bonds. The molecule has 2 bridgehead atoms. The Kier molecular flexibility index (Phi) is 3.87. The number of carbonyl (C=O) groups excluding carboxylic acids is 2. The van der Waals surface area contributed by atoms with Crippen molar-refractivity contribution in [3.05, 3.63) is 0 Å². The third kappa shape index (κ3) is 2.55. The molecule has 2 aliphatic carbocycles. The first-order valence-electron chi connectivity index (χ1n) is 9.30. The van der Waals surface area contributed by atoms with Gasteiger partial charge in [-0.05, 0) is 56.8 Å². The molecule has 0 aromatic carbocycles. The average Bonchev–Trinajstić information content (AvgIpc) is 3.25. The molecule has 0 aromatic rings. The summed E-state index contributed by atoms with van der Waals surface area (Å²) in [4.78, 5) is 29.2. The van der Waals surface area contributed by atoms with Crippen molar-refractivity contribution in [1.82, 2.24) is 9.80 Å². The number of hydrogen-bond acceptors (Lipinski definition) is 2. The first kappa shape index (κ1) is 14.5. The monoisotopic (exact) mass is 304 g/mol. The Bertz CT molecular complexity index is 464. The van der Waals surface area contributed by atoms with Gasteiger partial charge in [-0.2, -0.15) is 0 Å². The lowest BCUT2D eigenvalue weighted by Crippen LogP contribution is -2.52. The largest absolute Gasteiger partial charge is 0.341 e. The molecule has 2 aliphatic heterocycles. The molecule has 2 saturated carbocycles. The number of fused-ring (bicyclic) bond motifs is 2. The second-order valence-corrected chi connectivity index (χ2v) is 7.91. The van der Waals surface area contributed by atoms with Crippen LogP contribution in [0.25, 0.3) is 0 Å². The van der Waals surface area contributed by atoms with Crippen LogP contribution in [0, 0.1) is 17.8 Å². The minimum atomic E-state index is 0.280. The minimum Gasteiger partial charge on any atom is -0.341 e. The van der Waals surface area contributed by atoms with E-state index in [1.54, 1.807) is 0 Å². The van der Waals surface area contributed by atoms with E-state index in [4.69, 9.17) is 0 Å². The highest BCUT2D eigenvalue weighted by Crippen LogP contribution is 2.49. The van der Waals surface area contributed by atoms with Gasteiger partial charge in [0.2, 0.25) is 11.8 Å². The molecule has 2 saturated heterocycles. The highest BCUT2D eigenvalue weighted by atomic mass is 16.2. The Morgan fingerprint density at radius 3 is 2.64 bits per heavy atom. The van der Waals surface area contributed by atoms with Crippen LogP contribution < -0.4 is 0 Å². The number of nitrogens with zero attached hydrogens (tertiary/aromatic N) is 2. The lowest BCUT2D eigenvalue weighted by atomic mass is 9.86. The van der Waals surface area contributed by atoms with Crippen molar-refractivity contribution in [2.75, 3.05) is 19.6 Å². The van der Waals surface area contributed by atoms with Gasteiger partial charge in [-0.15, -0.1) is 0 Å². The van der Waals surface area contributed by atoms with Crippen LogP contribution in [-0.2, 0) is 9.59 Å². The Balaban J connectivity index is 1.43. The summed E-state index contributed by atoms with van der Waals surface area (Å²) in [5, 5.41) is 0. The number of hydrogen-bond donors (Lipinski definition) is 0. The molecule has 0 aromatic heterocycles. The number of piperidine rings is 1. The molecule has 4 heteroatoms. The summed E-state index contributed by atoms with van der Waals surface area (Å²) in [5.41, 5.74) is 0. The van der Waals surface area contributed by atoms with E-state index in [0.717, 1.165) is 51.2 Å². The quantitative estimate of drug-likeness (QED) is 0.803. The summed E-state index contributed by atoms with van der Waals surface area (Å²) in [6.45, 7) is 2.59. The van der Waals surface area contributed by atoms with E-state index in [-0.39, 0.29) is 11.9 Å². The third-order valence-electron chi connectivity index (χ3n) is 6.57. The first-order valence-corrected chi connectivity index (χ1v) is 9.30. The van der Waals surface area contributed by atoms with Crippen LogP contribution in [0.15, 0.2) is 0 Å². The van der Waals surface area contributed by atoms with E-state index in [0.29, 0.717) is 24.2 Å². The van der Waals surface area contributed by atoms with Crippen molar-refractivity contribution in [2.24, 2.45) is 17.8 Å². The summed E-state index contributed by atoms with van der Waals surface area (Å²) < 4.78 is 0. The SMILES string of the molecule is O=C1CCCN1CC1CCCCN1C(=O)C1CC2CCC1C2. The topological polar surface area (TPSA) is 40.6 Å². The molecular weight excluding hydrogens is 276 g/mol. The van der Waals surface area contributed by atoms with E-state index < -0.39 is 0 Å². The molecule has 22 heavy (non-hydrogen) atoms. The van der Waals surface area contributed by atoms with E-state index in [1.165, 1.54) is 25.7 Å². The fourth-order valence-corrected chi connectivity index (χ4v) is 5.39. The molecule has 4 rings (SSSR count). The predicted octanol–water partition coefficient (Wildman–Crippen LogP) is 2.43. The number of amides is 2. The van der Waals surface area contributed by atoms with Crippen molar-refractivity contribution in [3.8, 4) is 0 Å². The molecule has 4 atom stereocenters. The maximum absolute atomic E-state index is 13.1. The first-order chi connectivity index (χ1) is 10.7. The van der Waals surface area contributed by atoms with Crippen LogP contribution in [0.3, 0.4) is 0 Å². The zero-order valence-electron chi connectivity index (χ0n) is 13.5. The van der Waals surface area contributed by atoms with Crippen molar-refractivity contribution >= 4 is 11.8 Å². The van der Waals surface area contributed by atoms with Crippen LogP contribution in [0.2, 0.25) is 0 Å². The van der Waals surface area contributed by atoms with Crippen molar-refractivity contribution in [1.29, 1.82) is 0 Å². The fraction of sp³-hybridized carbons (Fsp3) is 0.889. The molecule has 4 aliphatic rings. The summed E-state index contributed by atoms with van der Waals surface area (Å²) in [7, 11) is 0. The predicted molar refractivity (Wildman–Crippen MR) is 84.1 cm³/mol. The standard InChI is InChI=1S/C18H28N2O2/c21-17-5-3-8-19(17)12-15-4-1-2-9-20(15)18(22)16-11-13-6-7-14(16)10-13/h13-16H,1-12H2. The molecule has 2 heterocycles. The van der Waals surface area contributed by atoms with Gasteiger partial charge in [-0.25, -0.2) is 0 Å². The Hall–Kier alpha value is -1.06. The fourth-order valence-electron chi connectivity index (χ4n) is 5.39. The molecule has 4 unspecified atom stereocenters. The van der Waals surface area contributed by atoms with Crippen molar-refractivity contribution < 1.29 is 9.59 Å². The van der Waals surface area contributed by atoms with Gasteiger partial charge in [-0.3, -0.25) is 9.59 Å². The number of carbonyl (C=O) groups is 2. The molecule has 4 nitrogen and oxygen atoms in total. The summed E-state index contributed by atoms with van der Waals surface area (Å²) >= 11 is 0. The Morgan fingerprint density at radius 1 is 1.05 bits per heavy atom. The van der Waals surface area contributed by atoms with Crippen LogP contribution in [0.4, 0.5) is 0 Å². The van der Waals surface area contributed by atoms with Gasteiger partial charge in [-0.1, -0.05) is 6.42 Å². The van der Waals surface area contributed by atoms with Crippen LogP contribution >= 0.6 is 0 Å². The number of likely N-dealkylation sites (tertiary alicyclic amines) is 2. The summed E-state index contributed by atoms with van der Waals surface area (Å²) in [6.07, 6.45) is 10.2. The number of rotatable bonds is 3. The summed E-state index contributed by atoms with van der Waals surface area (Å²) in [6, 6.07) is 0.280. The van der Waals surface area contributed by atoms with Gasteiger partial charge in [0.05, 0.1) is 0 Å². The van der Waals surface area contributed by atoms with Crippen LogP contribution in [0.1, 0.15) is 57.8 Å². The summed E-state index contributed by atoms with van der Waals surface area (Å²) in [5.74, 6) is 2.49. The molecule has 4 fully saturated rings. The van der Waals surface area contributed by atoms with Crippen LogP contribution in [-0.4, -0.2) is 47.3 Å². The molecule has 0 N–H and O–H groups in total. The highest BCUT2D eigenvalue weighted by molar-refractivity contribution is 5.81. The third-order valence-corrected chi connectivity index (χ3v) is 6.57. The highest BCUT2D eigenvalue weighted by Gasteiger charge is 2.45. The smallest absolute Gasteiger partial charge is 0.226 e. The molecule has 0 spiro atoms. The van der Waals surface area contributed by atoms with Crippen molar-refractivity contribution in [2.45, 2.75) is 63.8 Å². The molecule has 0 radical (unpaired) electrons. The molecule has 122 valence electrons. The second-order valence-electron chi connectivity index (χ2n) is 7.91. The van der Waals surface area contributed by atoms with Gasteiger partial charge < -0.3 is 9.80 Å². The maximum Gasteiger partial charge on any atom is 0.226 e.